The summed E-state index contributed by atoms with van der Waals surface area (Å²) in [5.41, 5.74) is 7.00. The van der Waals surface area contributed by atoms with E-state index in [1.54, 1.807) is 27.4 Å². The highest BCUT2D eigenvalue weighted by molar-refractivity contribution is 5.82. The van der Waals surface area contributed by atoms with Gasteiger partial charge in [0.25, 0.3) is 0 Å². The fraction of sp³-hybridized carbons (Fsp3) is 0.273. The van der Waals surface area contributed by atoms with Gasteiger partial charge in [0.1, 0.15) is 30.1 Å². The molecule has 0 radical (unpaired) electrons. The molecule has 0 aliphatic heterocycles. The maximum absolute atomic E-state index is 9.28. The molecule has 2 rings (SSSR count). The lowest BCUT2D eigenvalue weighted by Crippen LogP contribution is -1.93. The predicted molar refractivity (Wildman–Crippen MR) is 113 cm³/mol. The van der Waals surface area contributed by atoms with Gasteiger partial charge in [-0.05, 0) is 48.0 Å². The van der Waals surface area contributed by atoms with Crippen LogP contribution in [0.25, 0.3) is 5.57 Å². The summed E-state index contributed by atoms with van der Waals surface area (Å²) in [5.74, 6) is 2.07. The summed E-state index contributed by atoms with van der Waals surface area (Å²) in [7, 11) is 7.78. The van der Waals surface area contributed by atoms with Crippen molar-refractivity contribution >= 4 is 11.9 Å². The number of aldehydes is 1. The van der Waals surface area contributed by atoms with E-state index in [2.05, 4.69) is 16.5 Å². The summed E-state index contributed by atoms with van der Waals surface area (Å²) in [6, 6.07) is 15.2. The summed E-state index contributed by atoms with van der Waals surface area (Å²) < 4.78 is 20.2. The van der Waals surface area contributed by atoms with E-state index in [-0.39, 0.29) is 6.61 Å². The van der Waals surface area contributed by atoms with Crippen LogP contribution in [0.1, 0.15) is 11.1 Å². The monoisotopic (exact) mass is 400 g/mol. The van der Waals surface area contributed by atoms with Gasteiger partial charge in [0.05, 0.1) is 27.4 Å². The van der Waals surface area contributed by atoms with Gasteiger partial charge in [-0.1, -0.05) is 12.1 Å². The Balaban J connectivity index is 0.000000977. The van der Waals surface area contributed by atoms with Crippen molar-refractivity contribution in [1.29, 1.82) is 5.26 Å². The molecule has 0 aliphatic rings. The topological polar surface area (TPSA) is 104 Å². The van der Waals surface area contributed by atoms with Crippen molar-refractivity contribution in [2.24, 2.45) is 5.73 Å². The number of ether oxygens (including phenoxy) is 4. The number of carbonyl (C=O) groups is 1. The molecule has 0 unspecified atom stereocenters. The summed E-state index contributed by atoms with van der Waals surface area (Å²) in [4.78, 5) is 9.28. The number of hydrogen-bond donors (Lipinski definition) is 1. The smallest absolute Gasteiger partial charge is 0.145 e. The minimum Gasteiger partial charge on any atom is -0.497 e. The number of rotatable bonds is 7. The molecule has 0 amide bonds. The van der Waals surface area contributed by atoms with Crippen molar-refractivity contribution in [3.63, 3.8) is 0 Å². The summed E-state index contributed by atoms with van der Waals surface area (Å²) >= 11 is 0. The minimum atomic E-state index is 0.208. The number of hydrogen-bond acceptors (Lipinski definition) is 7. The molecule has 2 aromatic rings. The van der Waals surface area contributed by atoms with Crippen LogP contribution in [0.2, 0.25) is 0 Å². The fourth-order valence-corrected chi connectivity index (χ4v) is 2.22. The Morgan fingerprint density at radius 1 is 0.931 bits per heavy atom. The van der Waals surface area contributed by atoms with Crippen LogP contribution in [-0.2, 0) is 9.53 Å². The van der Waals surface area contributed by atoms with Crippen LogP contribution >= 0.6 is 0 Å². The van der Waals surface area contributed by atoms with Crippen LogP contribution in [0.3, 0.4) is 0 Å². The molecule has 0 aliphatic carbocycles. The van der Waals surface area contributed by atoms with Gasteiger partial charge in [-0.15, -0.1) is 0 Å². The highest BCUT2D eigenvalue weighted by Gasteiger charge is 2.10. The number of nitriles is 1. The zero-order valence-corrected chi connectivity index (χ0v) is 17.5. The number of nitrogens with zero attached hydrogens (tertiary/aromatic N) is 1. The molecule has 7 nitrogen and oxygen atoms in total. The van der Waals surface area contributed by atoms with Crippen LogP contribution in [0.4, 0.5) is 0 Å². The normalized spacial score (nSPS) is 9.62. The minimum absolute atomic E-state index is 0.208. The van der Waals surface area contributed by atoms with Crippen LogP contribution in [0.5, 0.6) is 17.2 Å². The standard InChI is InChI=1S/C18H17NO3.C3H6O2.CH5N/c1-20-15-6-4-5-13(9-15)18(7-8-19)14-10-16(21-2)12-17(11-14)22-3;1-5-3-2-4;1-2/h4-7,9-12H,1-3H3;2H,3H2,1H3;2H2,1H3/b18-7+;;. The molecule has 29 heavy (non-hydrogen) atoms. The average Bonchev–Trinajstić information content (AvgIpc) is 2.79. The van der Waals surface area contributed by atoms with Crippen LogP contribution in [-0.4, -0.2) is 48.4 Å². The van der Waals surface area contributed by atoms with Crippen LogP contribution in [0.15, 0.2) is 48.5 Å². The van der Waals surface area contributed by atoms with E-state index < -0.39 is 0 Å². The summed E-state index contributed by atoms with van der Waals surface area (Å²) in [6.45, 7) is 0.208. The van der Waals surface area contributed by atoms with E-state index in [0.29, 0.717) is 17.8 Å². The SMILES string of the molecule is CN.COCC=O.COc1cccc(/C(=C\C#N)c2cc(OC)cc(OC)c2)c1. The first-order valence-electron chi connectivity index (χ1n) is 8.61. The lowest BCUT2D eigenvalue weighted by Gasteiger charge is -2.12. The van der Waals surface area contributed by atoms with E-state index in [1.165, 1.54) is 20.2 Å². The molecule has 0 aromatic heterocycles. The van der Waals surface area contributed by atoms with Gasteiger partial charge >= 0.3 is 0 Å². The summed E-state index contributed by atoms with van der Waals surface area (Å²) in [6.07, 6.45) is 2.21. The third kappa shape index (κ3) is 8.93. The van der Waals surface area contributed by atoms with E-state index >= 15 is 0 Å². The number of allylic oxidation sites excluding steroid dienone is 1. The maximum atomic E-state index is 9.28. The van der Waals surface area contributed by atoms with Crippen LogP contribution < -0.4 is 19.9 Å². The van der Waals surface area contributed by atoms with Crippen molar-refractivity contribution in [1.82, 2.24) is 0 Å². The number of methoxy groups -OCH3 is 4. The number of benzene rings is 2. The third-order valence-electron chi connectivity index (χ3n) is 3.49. The van der Waals surface area contributed by atoms with E-state index in [4.69, 9.17) is 19.5 Å². The van der Waals surface area contributed by atoms with Gasteiger partial charge in [-0.2, -0.15) is 5.26 Å². The van der Waals surface area contributed by atoms with Gasteiger partial charge in [-0.25, -0.2) is 0 Å². The molecule has 0 spiro atoms. The van der Waals surface area contributed by atoms with Crippen molar-refractivity contribution in [2.45, 2.75) is 0 Å². The highest BCUT2D eigenvalue weighted by atomic mass is 16.5. The lowest BCUT2D eigenvalue weighted by atomic mass is 9.97. The molecule has 0 bridgehead atoms. The van der Waals surface area contributed by atoms with E-state index in [9.17, 15) is 4.79 Å². The van der Waals surface area contributed by atoms with E-state index in [1.807, 2.05) is 36.4 Å². The van der Waals surface area contributed by atoms with Gasteiger partial charge in [0, 0.05) is 19.3 Å². The quantitative estimate of drug-likeness (QED) is 0.562. The molecule has 7 heteroatoms. The molecule has 0 saturated carbocycles. The molecule has 2 N–H and O–H groups in total. The van der Waals surface area contributed by atoms with Crippen molar-refractivity contribution in [3.8, 4) is 23.3 Å². The Morgan fingerprint density at radius 3 is 1.90 bits per heavy atom. The van der Waals surface area contributed by atoms with Gasteiger partial charge in [0.2, 0.25) is 0 Å². The second-order valence-corrected chi connectivity index (χ2v) is 5.14. The first kappa shape index (κ1) is 25.7. The molecule has 2 aromatic carbocycles. The van der Waals surface area contributed by atoms with Crippen molar-refractivity contribution < 1.29 is 23.7 Å². The first-order valence-corrected chi connectivity index (χ1v) is 8.61. The van der Waals surface area contributed by atoms with Gasteiger partial charge in [-0.3, -0.25) is 0 Å². The maximum Gasteiger partial charge on any atom is 0.145 e. The Hall–Kier alpha value is -3.34. The zero-order chi connectivity index (χ0) is 22.1. The Labute approximate surface area is 172 Å². The second kappa shape index (κ2) is 15.7. The van der Waals surface area contributed by atoms with Crippen molar-refractivity contribution in [2.75, 3.05) is 42.1 Å². The Kier molecular flexibility index (Phi) is 13.9. The molecule has 156 valence electrons. The predicted octanol–water partition coefficient (Wildman–Crippen LogP) is 3.07. The molecular formula is C22H28N2O5. The van der Waals surface area contributed by atoms with Gasteiger partial charge in [0.15, 0.2) is 0 Å². The third-order valence-corrected chi connectivity index (χ3v) is 3.49. The Morgan fingerprint density at radius 2 is 1.48 bits per heavy atom. The van der Waals surface area contributed by atoms with Crippen LogP contribution in [0, 0.1) is 11.3 Å². The second-order valence-electron chi connectivity index (χ2n) is 5.14. The fourth-order valence-electron chi connectivity index (χ4n) is 2.22. The molecule has 0 heterocycles. The lowest BCUT2D eigenvalue weighted by molar-refractivity contribution is -0.110. The largest absolute Gasteiger partial charge is 0.497 e. The summed E-state index contributed by atoms with van der Waals surface area (Å²) in [5, 5.41) is 9.12. The van der Waals surface area contributed by atoms with E-state index in [0.717, 1.165) is 22.4 Å². The molecule has 0 atom stereocenters. The van der Waals surface area contributed by atoms with Gasteiger partial charge < -0.3 is 29.5 Å². The number of nitrogens with two attached hydrogens (primary N) is 1. The zero-order valence-electron chi connectivity index (χ0n) is 17.5. The molecule has 0 fully saturated rings. The number of carbonyl (C=O) groups excluding carboxylic acids is 1. The average molecular weight is 400 g/mol. The molecule has 0 saturated heterocycles. The highest BCUT2D eigenvalue weighted by Crippen LogP contribution is 2.31. The Bertz CT molecular complexity index is 791. The molecular weight excluding hydrogens is 372 g/mol. The van der Waals surface area contributed by atoms with Crippen molar-refractivity contribution in [3.05, 3.63) is 59.7 Å². The first-order chi connectivity index (χ1) is 14.1.